The van der Waals surface area contributed by atoms with E-state index in [4.69, 9.17) is 10.5 Å². The first-order valence-corrected chi connectivity index (χ1v) is 7.59. The highest BCUT2D eigenvalue weighted by Gasteiger charge is 2.18. The zero-order valence-electron chi connectivity index (χ0n) is 12.4. The van der Waals surface area contributed by atoms with E-state index in [1.807, 2.05) is 0 Å². The average molecular weight is 318 g/mol. The van der Waals surface area contributed by atoms with E-state index in [9.17, 15) is 17.1 Å². The van der Waals surface area contributed by atoms with Crippen LogP contribution in [-0.4, -0.2) is 20.1 Å². The highest BCUT2D eigenvalue weighted by Crippen LogP contribution is 2.23. The zero-order valence-corrected chi connectivity index (χ0v) is 13.2. The minimum Gasteiger partial charge on any atom is -0.444 e. The normalized spacial score (nSPS) is 12.0. The maximum absolute atomic E-state index is 13.0. The molecule has 3 N–H and O–H groups in total. The smallest absolute Gasteiger partial charge is 0.407 e. The number of nitrogens with two attached hydrogens (primary N) is 1. The number of benzene rings is 1. The van der Waals surface area contributed by atoms with Crippen LogP contribution in [0.4, 0.5) is 14.4 Å². The molecule has 1 aromatic rings. The average Bonchev–Trinajstić information content (AvgIpc) is 2.27. The van der Waals surface area contributed by atoms with Gasteiger partial charge in [-0.1, -0.05) is 0 Å². The van der Waals surface area contributed by atoms with Crippen LogP contribution in [0.1, 0.15) is 31.9 Å². The summed E-state index contributed by atoms with van der Waals surface area (Å²) >= 11 is 0. The Kier molecular flexibility index (Phi) is 4.83. The van der Waals surface area contributed by atoms with Gasteiger partial charge in [-0.25, -0.2) is 4.79 Å². The minimum absolute atomic E-state index is 0.0195. The molecule has 0 spiro atoms. The molecule has 0 unspecified atom stereocenters. The molecule has 1 aromatic carbocycles. The molecule has 0 heterocycles. The second-order valence-electron chi connectivity index (χ2n) is 5.59. The molecule has 118 valence electrons. The van der Waals surface area contributed by atoms with Crippen molar-refractivity contribution >= 4 is 22.0 Å². The Bertz CT molecular complexity index is 651. The van der Waals surface area contributed by atoms with E-state index in [1.165, 1.54) is 0 Å². The summed E-state index contributed by atoms with van der Waals surface area (Å²) in [5.74, 6) is 0. The molecule has 0 atom stereocenters. The van der Waals surface area contributed by atoms with Crippen molar-refractivity contribution in [1.82, 2.24) is 5.32 Å². The van der Waals surface area contributed by atoms with Crippen LogP contribution in [0.25, 0.3) is 0 Å². The van der Waals surface area contributed by atoms with Gasteiger partial charge in [0, 0.05) is 12.2 Å². The number of amides is 1. The number of alkyl carbamates (subject to hydrolysis) is 1. The van der Waals surface area contributed by atoms with Gasteiger partial charge in [0.05, 0.1) is 0 Å². The summed E-state index contributed by atoms with van der Waals surface area (Å²) < 4.78 is 40.0. The molecule has 0 bridgehead atoms. The molecular formula is C13H19FN2O4S. The molecule has 0 aliphatic carbocycles. The summed E-state index contributed by atoms with van der Waals surface area (Å²) in [6.07, 6.45) is -0.658. The van der Waals surface area contributed by atoms with Gasteiger partial charge in [0.25, 0.3) is 0 Å². The molecule has 21 heavy (non-hydrogen) atoms. The van der Waals surface area contributed by atoms with Gasteiger partial charge < -0.3 is 15.8 Å². The van der Waals surface area contributed by atoms with Gasteiger partial charge in [-0.3, -0.25) is 0 Å². The Labute approximate surface area is 123 Å². The Hall–Kier alpha value is -1.83. The number of halogens is 1. The maximum Gasteiger partial charge on any atom is 0.407 e. The number of nitrogen functional groups attached to an aromatic ring is 1. The van der Waals surface area contributed by atoms with Crippen LogP contribution in [0.3, 0.4) is 0 Å². The van der Waals surface area contributed by atoms with Crippen molar-refractivity contribution in [1.29, 1.82) is 0 Å². The van der Waals surface area contributed by atoms with Crippen LogP contribution >= 0.6 is 0 Å². The Morgan fingerprint density at radius 1 is 1.38 bits per heavy atom. The first kappa shape index (κ1) is 17.2. The van der Waals surface area contributed by atoms with Gasteiger partial charge in [0.2, 0.25) is 0 Å². The number of anilines is 1. The SMILES string of the molecule is Cc1c(N)cc(S(=O)(=O)F)cc1CNC(=O)OC(C)(C)C. The number of carbonyl (C=O) groups excluding carboxylic acids is 1. The third-order valence-corrected chi connectivity index (χ3v) is 3.43. The molecule has 0 saturated heterocycles. The Balaban J connectivity index is 2.94. The van der Waals surface area contributed by atoms with Gasteiger partial charge in [-0.15, -0.1) is 3.89 Å². The molecule has 0 fully saturated rings. The molecular weight excluding hydrogens is 299 g/mol. The molecule has 0 aromatic heterocycles. The van der Waals surface area contributed by atoms with E-state index >= 15 is 0 Å². The van der Waals surface area contributed by atoms with E-state index in [0.717, 1.165) is 12.1 Å². The van der Waals surface area contributed by atoms with Crippen LogP contribution in [0.2, 0.25) is 0 Å². The van der Waals surface area contributed by atoms with Crippen molar-refractivity contribution in [2.45, 2.75) is 44.7 Å². The van der Waals surface area contributed by atoms with Crippen molar-refractivity contribution in [3.8, 4) is 0 Å². The largest absolute Gasteiger partial charge is 0.444 e. The van der Waals surface area contributed by atoms with Crippen molar-refractivity contribution in [2.24, 2.45) is 0 Å². The molecule has 8 heteroatoms. The molecule has 1 rings (SSSR count). The lowest BCUT2D eigenvalue weighted by Gasteiger charge is -2.20. The second-order valence-corrected chi connectivity index (χ2v) is 6.94. The zero-order chi connectivity index (χ0) is 16.4. The summed E-state index contributed by atoms with van der Waals surface area (Å²) in [5, 5.41) is 2.47. The third-order valence-electron chi connectivity index (χ3n) is 2.63. The van der Waals surface area contributed by atoms with E-state index in [0.29, 0.717) is 11.1 Å². The molecule has 1 amide bonds. The van der Waals surface area contributed by atoms with Gasteiger partial charge >= 0.3 is 16.3 Å². The van der Waals surface area contributed by atoms with E-state index < -0.39 is 26.8 Å². The van der Waals surface area contributed by atoms with Crippen LogP contribution in [0, 0.1) is 6.92 Å². The molecule has 0 saturated carbocycles. The second kappa shape index (κ2) is 5.88. The van der Waals surface area contributed by atoms with E-state index in [-0.39, 0.29) is 12.2 Å². The summed E-state index contributed by atoms with van der Waals surface area (Å²) in [5.41, 5.74) is 6.10. The predicted octanol–water partition coefficient (Wildman–Crippen LogP) is 2.26. The van der Waals surface area contributed by atoms with E-state index in [2.05, 4.69) is 5.32 Å². The Morgan fingerprint density at radius 3 is 2.43 bits per heavy atom. The first-order chi connectivity index (χ1) is 9.40. The number of rotatable bonds is 3. The summed E-state index contributed by atoms with van der Waals surface area (Å²) in [6.45, 7) is 6.77. The van der Waals surface area contributed by atoms with Crippen molar-refractivity contribution < 1.29 is 21.8 Å². The fourth-order valence-electron chi connectivity index (χ4n) is 1.57. The topological polar surface area (TPSA) is 98.5 Å². The summed E-state index contributed by atoms with van der Waals surface area (Å²) in [4.78, 5) is 11.0. The lowest BCUT2D eigenvalue weighted by molar-refractivity contribution is 0.0523. The number of hydrogen-bond donors (Lipinski definition) is 2. The minimum atomic E-state index is -4.86. The number of hydrogen-bond acceptors (Lipinski definition) is 5. The monoisotopic (exact) mass is 318 g/mol. The molecule has 0 radical (unpaired) electrons. The highest BCUT2D eigenvalue weighted by molar-refractivity contribution is 7.86. The van der Waals surface area contributed by atoms with Crippen LogP contribution in [0.5, 0.6) is 0 Å². The van der Waals surface area contributed by atoms with E-state index in [1.54, 1.807) is 27.7 Å². The number of carbonyl (C=O) groups is 1. The fraction of sp³-hybridized carbons (Fsp3) is 0.462. The lowest BCUT2D eigenvalue weighted by atomic mass is 10.1. The quantitative estimate of drug-likeness (QED) is 0.658. The van der Waals surface area contributed by atoms with Gasteiger partial charge in [-0.2, -0.15) is 8.42 Å². The maximum atomic E-state index is 13.0. The summed E-state index contributed by atoms with van der Waals surface area (Å²) in [6, 6.07) is 2.18. The van der Waals surface area contributed by atoms with Crippen molar-refractivity contribution in [2.75, 3.05) is 5.73 Å². The van der Waals surface area contributed by atoms with Crippen molar-refractivity contribution in [3.05, 3.63) is 23.3 Å². The predicted molar refractivity (Wildman–Crippen MR) is 77.0 cm³/mol. The lowest BCUT2D eigenvalue weighted by Crippen LogP contribution is -2.32. The van der Waals surface area contributed by atoms with Gasteiger partial charge in [0.1, 0.15) is 10.5 Å². The standard InChI is InChI=1S/C13H19FN2O4S/c1-8-9(7-16-12(17)20-13(2,3)4)5-10(6-11(8)15)21(14,18)19/h5-6H,7,15H2,1-4H3,(H,16,17). The molecule has 6 nitrogen and oxygen atoms in total. The molecule has 0 aliphatic rings. The fourth-order valence-corrected chi connectivity index (χ4v) is 2.13. The molecule has 0 aliphatic heterocycles. The van der Waals surface area contributed by atoms with Crippen LogP contribution in [0.15, 0.2) is 17.0 Å². The number of ether oxygens (including phenoxy) is 1. The van der Waals surface area contributed by atoms with Gasteiger partial charge in [-0.05, 0) is 51.0 Å². The highest BCUT2D eigenvalue weighted by atomic mass is 32.3. The number of nitrogens with one attached hydrogen (secondary N) is 1. The summed E-state index contributed by atoms with van der Waals surface area (Å²) in [7, 11) is -4.86. The van der Waals surface area contributed by atoms with Gasteiger partial charge in [0.15, 0.2) is 0 Å². The van der Waals surface area contributed by atoms with Crippen LogP contribution < -0.4 is 11.1 Å². The third kappa shape index (κ3) is 5.22. The Morgan fingerprint density at radius 2 is 1.95 bits per heavy atom. The van der Waals surface area contributed by atoms with Crippen molar-refractivity contribution in [3.63, 3.8) is 0 Å². The van der Waals surface area contributed by atoms with Crippen LogP contribution in [-0.2, 0) is 21.5 Å². The first-order valence-electron chi connectivity index (χ1n) is 6.20.